The highest BCUT2D eigenvalue weighted by molar-refractivity contribution is 5.81. The molecule has 0 saturated carbocycles. The normalized spacial score (nSPS) is 11.6. The van der Waals surface area contributed by atoms with E-state index >= 15 is 0 Å². The minimum absolute atomic E-state index is 0.204. The van der Waals surface area contributed by atoms with Crippen LogP contribution in [-0.4, -0.2) is 17.3 Å². The lowest BCUT2D eigenvalue weighted by Gasteiger charge is -2.05. The zero-order chi connectivity index (χ0) is 17.0. The number of rotatable bonds is 9. The molecule has 0 aromatic heterocycles. The van der Waals surface area contributed by atoms with Crippen LogP contribution in [0, 0.1) is 0 Å². The van der Waals surface area contributed by atoms with Gasteiger partial charge in [0, 0.05) is 24.5 Å². The molecule has 124 valence electrons. The van der Waals surface area contributed by atoms with Crippen LogP contribution in [0.2, 0.25) is 0 Å². The van der Waals surface area contributed by atoms with Gasteiger partial charge < -0.3 is 10.4 Å². The van der Waals surface area contributed by atoms with Crippen molar-refractivity contribution < 1.29 is 9.90 Å². The van der Waals surface area contributed by atoms with Crippen molar-refractivity contribution >= 4 is 23.6 Å². The fourth-order valence-corrected chi connectivity index (χ4v) is 2.16. The summed E-state index contributed by atoms with van der Waals surface area (Å²) >= 11 is 0. The van der Waals surface area contributed by atoms with Crippen molar-refractivity contribution in [2.75, 3.05) is 5.32 Å². The summed E-state index contributed by atoms with van der Waals surface area (Å²) in [6, 6.07) is 19.7. The molecule has 0 heterocycles. The summed E-state index contributed by atoms with van der Waals surface area (Å²) in [6.45, 7) is 0. The maximum Gasteiger partial charge on any atom is 0.303 e. The predicted octanol–water partition coefficient (Wildman–Crippen LogP) is 5.03. The summed E-state index contributed by atoms with van der Waals surface area (Å²) in [4.78, 5) is 15.1. The van der Waals surface area contributed by atoms with Crippen molar-refractivity contribution in [3.05, 3.63) is 72.4 Å². The van der Waals surface area contributed by atoms with Crippen LogP contribution in [0.4, 0.5) is 11.4 Å². The topological polar surface area (TPSA) is 61.7 Å². The van der Waals surface area contributed by atoms with E-state index in [2.05, 4.69) is 10.3 Å². The lowest BCUT2D eigenvalue weighted by molar-refractivity contribution is -0.137. The third kappa shape index (κ3) is 6.92. The first-order valence-corrected chi connectivity index (χ1v) is 8.05. The minimum atomic E-state index is -0.749. The van der Waals surface area contributed by atoms with E-state index in [1.54, 1.807) is 0 Å². The quantitative estimate of drug-likeness (QED) is 0.503. The Morgan fingerprint density at radius 1 is 0.958 bits per heavy atom. The molecule has 0 aliphatic rings. The Labute approximate surface area is 142 Å². The second-order valence-corrected chi connectivity index (χ2v) is 5.42. The third-order valence-electron chi connectivity index (χ3n) is 3.44. The number of carboxylic acid groups (broad SMARTS) is 1. The molecule has 24 heavy (non-hydrogen) atoms. The maximum atomic E-state index is 10.6. The number of nitrogens with zero attached hydrogens (tertiary/aromatic N) is 1. The van der Waals surface area contributed by atoms with Gasteiger partial charge in [-0.25, -0.2) is 0 Å². The lowest BCUT2D eigenvalue weighted by atomic mass is 10.1. The van der Waals surface area contributed by atoms with Gasteiger partial charge >= 0.3 is 5.97 Å². The number of aliphatic carboxylic acids is 1. The average Bonchev–Trinajstić information content (AvgIpc) is 2.62. The monoisotopic (exact) mass is 322 g/mol. The first-order valence-electron chi connectivity index (χ1n) is 8.05. The zero-order valence-electron chi connectivity index (χ0n) is 13.6. The molecular formula is C20H22N2O2. The zero-order valence-corrected chi connectivity index (χ0v) is 13.6. The van der Waals surface area contributed by atoms with Crippen molar-refractivity contribution in [3.8, 4) is 0 Å². The van der Waals surface area contributed by atoms with E-state index in [1.165, 1.54) is 0 Å². The summed E-state index contributed by atoms with van der Waals surface area (Å²) in [5.41, 5.74) is 2.94. The Morgan fingerprint density at radius 2 is 1.58 bits per heavy atom. The average molecular weight is 322 g/mol. The van der Waals surface area contributed by atoms with Crippen LogP contribution in [0.25, 0.3) is 0 Å². The van der Waals surface area contributed by atoms with E-state index in [0.29, 0.717) is 6.42 Å². The van der Waals surface area contributed by atoms with Crippen LogP contribution >= 0.6 is 0 Å². The lowest BCUT2D eigenvalue weighted by Crippen LogP contribution is -1.96. The van der Waals surface area contributed by atoms with Gasteiger partial charge in [0.1, 0.15) is 0 Å². The predicted molar refractivity (Wildman–Crippen MR) is 98.8 cm³/mol. The molecule has 0 aliphatic carbocycles. The van der Waals surface area contributed by atoms with E-state index in [1.807, 2.05) is 73.1 Å². The van der Waals surface area contributed by atoms with Crippen molar-refractivity contribution in [1.82, 2.24) is 0 Å². The Balaban J connectivity index is 1.99. The maximum absolute atomic E-state index is 10.6. The Morgan fingerprint density at radius 3 is 2.25 bits per heavy atom. The molecular weight excluding hydrogens is 300 g/mol. The van der Waals surface area contributed by atoms with Gasteiger partial charge in [0.2, 0.25) is 0 Å². The number of benzene rings is 2. The molecule has 0 radical (unpaired) electrons. The Hall–Kier alpha value is -2.88. The number of nitrogens with one attached hydrogen (secondary N) is 1. The van der Waals surface area contributed by atoms with Gasteiger partial charge in [-0.15, -0.1) is 0 Å². The van der Waals surface area contributed by atoms with Crippen molar-refractivity contribution in [2.45, 2.75) is 25.7 Å². The number of carbonyl (C=O) groups is 1. The molecule has 0 saturated heterocycles. The van der Waals surface area contributed by atoms with Gasteiger partial charge in [-0.1, -0.05) is 36.4 Å². The van der Waals surface area contributed by atoms with Crippen LogP contribution in [0.1, 0.15) is 25.7 Å². The van der Waals surface area contributed by atoms with Crippen LogP contribution < -0.4 is 5.32 Å². The highest BCUT2D eigenvalue weighted by Gasteiger charge is 1.99. The van der Waals surface area contributed by atoms with E-state index < -0.39 is 5.97 Å². The smallest absolute Gasteiger partial charge is 0.303 e. The van der Waals surface area contributed by atoms with Crippen LogP contribution in [0.15, 0.2) is 77.4 Å². The van der Waals surface area contributed by atoms with Crippen molar-refractivity contribution in [1.29, 1.82) is 0 Å². The van der Waals surface area contributed by atoms with Crippen molar-refractivity contribution in [2.24, 2.45) is 4.99 Å². The number of hydrogen-bond donors (Lipinski definition) is 2. The van der Waals surface area contributed by atoms with Crippen LogP contribution in [-0.2, 0) is 4.79 Å². The summed E-state index contributed by atoms with van der Waals surface area (Å²) in [7, 11) is 0. The number of hydrogen-bond acceptors (Lipinski definition) is 3. The first kappa shape index (κ1) is 17.5. The van der Waals surface area contributed by atoms with E-state index in [0.717, 1.165) is 29.8 Å². The summed E-state index contributed by atoms with van der Waals surface area (Å²) in [6.07, 6.45) is 6.24. The molecule has 4 nitrogen and oxygen atoms in total. The fourth-order valence-electron chi connectivity index (χ4n) is 2.16. The fraction of sp³-hybridized carbons (Fsp3) is 0.200. The molecule has 0 atom stereocenters. The molecule has 0 aliphatic heterocycles. The molecule has 2 N–H and O–H groups in total. The summed E-state index contributed by atoms with van der Waals surface area (Å²) in [5, 5.41) is 12.0. The molecule has 0 amide bonds. The summed E-state index contributed by atoms with van der Waals surface area (Å²) < 4.78 is 0. The van der Waals surface area contributed by atoms with Crippen LogP contribution in [0.3, 0.4) is 0 Å². The number of allylic oxidation sites excluding steroid dienone is 1. The van der Waals surface area contributed by atoms with Gasteiger partial charge in [-0.2, -0.15) is 0 Å². The minimum Gasteiger partial charge on any atom is -0.481 e. The molecule has 2 aromatic carbocycles. The third-order valence-corrected chi connectivity index (χ3v) is 3.44. The van der Waals surface area contributed by atoms with Gasteiger partial charge in [-0.3, -0.25) is 9.79 Å². The van der Waals surface area contributed by atoms with Gasteiger partial charge in [0.15, 0.2) is 0 Å². The molecule has 2 aromatic rings. The largest absolute Gasteiger partial charge is 0.481 e. The Kier molecular flexibility index (Phi) is 7.28. The second-order valence-electron chi connectivity index (χ2n) is 5.42. The van der Waals surface area contributed by atoms with E-state index in [4.69, 9.17) is 5.11 Å². The molecule has 0 fully saturated rings. The van der Waals surface area contributed by atoms with Crippen molar-refractivity contribution in [3.63, 3.8) is 0 Å². The SMILES string of the molecule is O=C(O)CCCC/C(C=Nc1ccccc1)=C\Nc1ccccc1. The van der Waals surface area contributed by atoms with Gasteiger partial charge in [-0.05, 0) is 49.1 Å². The molecule has 0 unspecified atom stereocenters. The van der Waals surface area contributed by atoms with E-state index in [9.17, 15) is 4.79 Å². The number of unbranched alkanes of at least 4 members (excludes halogenated alkanes) is 1. The number of carboxylic acids is 1. The van der Waals surface area contributed by atoms with Crippen LogP contribution in [0.5, 0.6) is 0 Å². The molecule has 2 rings (SSSR count). The highest BCUT2D eigenvalue weighted by Crippen LogP contribution is 2.14. The second kappa shape index (κ2) is 10.0. The molecule has 4 heteroatoms. The first-order chi connectivity index (χ1) is 11.7. The number of para-hydroxylation sites is 2. The number of anilines is 1. The summed E-state index contributed by atoms with van der Waals surface area (Å²) in [5.74, 6) is -0.749. The molecule has 0 bridgehead atoms. The van der Waals surface area contributed by atoms with Gasteiger partial charge in [0.25, 0.3) is 0 Å². The van der Waals surface area contributed by atoms with E-state index in [-0.39, 0.29) is 6.42 Å². The van der Waals surface area contributed by atoms with Gasteiger partial charge in [0.05, 0.1) is 5.69 Å². The Bertz CT molecular complexity index is 679. The molecule has 0 spiro atoms. The highest BCUT2D eigenvalue weighted by atomic mass is 16.4. The number of aliphatic imine (C=N–C) groups is 1. The standard InChI is InChI=1S/C20H22N2O2/c23-20(24)14-8-7-9-17(15-21-18-10-3-1-4-11-18)16-22-19-12-5-2-6-13-19/h1-6,10-13,15-16,21H,7-9,14H2,(H,23,24)/b17-15+,22-16?.